The first-order valence-electron chi connectivity index (χ1n) is 5.72. The van der Waals surface area contributed by atoms with Gasteiger partial charge in [0.15, 0.2) is 0 Å². The van der Waals surface area contributed by atoms with E-state index in [2.05, 4.69) is 16.2 Å². The molecule has 2 N–H and O–H groups in total. The van der Waals surface area contributed by atoms with Gasteiger partial charge in [-0.15, -0.1) is 0 Å². The van der Waals surface area contributed by atoms with E-state index >= 15 is 0 Å². The van der Waals surface area contributed by atoms with Crippen LogP contribution in [-0.2, 0) is 7.05 Å². The minimum atomic E-state index is 0.863. The van der Waals surface area contributed by atoms with E-state index in [0.29, 0.717) is 0 Å². The lowest BCUT2D eigenvalue weighted by molar-refractivity contribution is 0.779. The monoisotopic (exact) mass is 216 g/mol. The summed E-state index contributed by atoms with van der Waals surface area (Å²) in [5.74, 6) is 0. The van der Waals surface area contributed by atoms with E-state index in [0.717, 1.165) is 24.3 Å². The molecule has 1 aliphatic rings. The Balaban J connectivity index is 2.22. The topological polar surface area (TPSA) is 47.1 Å². The summed E-state index contributed by atoms with van der Waals surface area (Å²) in [5.41, 5.74) is 9.16. The van der Waals surface area contributed by atoms with Crippen molar-refractivity contribution in [2.24, 2.45) is 7.05 Å². The highest BCUT2D eigenvalue weighted by Crippen LogP contribution is 2.34. The fraction of sp³-hybridized carbons (Fsp3) is 0.417. The number of hydrogen-bond acceptors (Lipinski definition) is 3. The van der Waals surface area contributed by atoms with Crippen LogP contribution in [0, 0.1) is 0 Å². The van der Waals surface area contributed by atoms with Crippen molar-refractivity contribution < 1.29 is 0 Å². The fourth-order valence-electron chi connectivity index (χ4n) is 2.51. The average molecular weight is 216 g/mol. The van der Waals surface area contributed by atoms with Gasteiger partial charge in [0, 0.05) is 31.7 Å². The van der Waals surface area contributed by atoms with Crippen LogP contribution in [0.3, 0.4) is 0 Å². The highest BCUT2D eigenvalue weighted by atomic mass is 15.3. The van der Waals surface area contributed by atoms with Gasteiger partial charge in [0.1, 0.15) is 0 Å². The summed E-state index contributed by atoms with van der Waals surface area (Å²) in [6.45, 7) is 2.22. The summed E-state index contributed by atoms with van der Waals surface area (Å²) in [6, 6.07) is 3.95. The Morgan fingerprint density at radius 2 is 2.00 bits per heavy atom. The molecule has 0 bridgehead atoms. The van der Waals surface area contributed by atoms with Crippen molar-refractivity contribution in [3.63, 3.8) is 0 Å². The fourth-order valence-corrected chi connectivity index (χ4v) is 2.51. The van der Waals surface area contributed by atoms with Crippen LogP contribution in [0.2, 0.25) is 0 Å². The second-order valence-electron chi connectivity index (χ2n) is 4.43. The third-order valence-corrected chi connectivity index (χ3v) is 3.23. The highest BCUT2D eigenvalue weighted by molar-refractivity contribution is 5.98. The van der Waals surface area contributed by atoms with Gasteiger partial charge in [-0.3, -0.25) is 4.68 Å². The molecule has 16 heavy (non-hydrogen) atoms. The molecule has 1 fully saturated rings. The first-order valence-corrected chi connectivity index (χ1v) is 5.72. The van der Waals surface area contributed by atoms with Gasteiger partial charge >= 0.3 is 0 Å². The lowest BCUT2D eigenvalue weighted by Gasteiger charge is -2.20. The number of aromatic nitrogens is 2. The number of nitrogens with two attached hydrogens (primary N) is 1. The smallest absolute Gasteiger partial charge is 0.0945 e. The molecule has 1 aromatic heterocycles. The normalized spacial score (nSPS) is 16.2. The molecule has 0 atom stereocenters. The number of hydrogen-bond donors (Lipinski definition) is 1. The molecule has 0 amide bonds. The van der Waals surface area contributed by atoms with Gasteiger partial charge in [0.2, 0.25) is 0 Å². The van der Waals surface area contributed by atoms with Crippen molar-refractivity contribution >= 4 is 22.3 Å². The summed E-state index contributed by atoms with van der Waals surface area (Å²) in [7, 11) is 1.95. The summed E-state index contributed by atoms with van der Waals surface area (Å²) in [6.07, 6.45) is 4.57. The Hall–Kier alpha value is -1.71. The van der Waals surface area contributed by atoms with Gasteiger partial charge in [0.05, 0.1) is 16.9 Å². The molecule has 3 rings (SSSR count). The predicted molar refractivity (Wildman–Crippen MR) is 66.6 cm³/mol. The Morgan fingerprint density at radius 3 is 2.75 bits per heavy atom. The van der Waals surface area contributed by atoms with E-state index in [1.165, 1.54) is 23.9 Å². The minimum Gasteiger partial charge on any atom is -0.397 e. The van der Waals surface area contributed by atoms with Crippen LogP contribution in [-0.4, -0.2) is 22.9 Å². The molecule has 0 aliphatic carbocycles. The molecule has 2 aromatic rings. The molecular weight excluding hydrogens is 200 g/mol. The summed E-state index contributed by atoms with van der Waals surface area (Å²) < 4.78 is 1.85. The van der Waals surface area contributed by atoms with Gasteiger partial charge in [0.25, 0.3) is 0 Å². The van der Waals surface area contributed by atoms with E-state index in [9.17, 15) is 0 Å². The number of benzene rings is 1. The number of anilines is 2. The maximum Gasteiger partial charge on any atom is 0.0945 e. The van der Waals surface area contributed by atoms with Crippen LogP contribution in [0.1, 0.15) is 12.8 Å². The standard InChI is InChI=1S/C12H16N4/c1-15-8-9-11(14-15)5-4-10(13)12(9)16-6-2-3-7-16/h4-5,8H,2-3,6-7,13H2,1H3. The maximum atomic E-state index is 6.10. The predicted octanol–water partition coefficient (Wildman–Crippen LogP) is 1.76. The van der Waals surface area contributed by atoms with Crippen LogP contribution < -0.4 is 10.6 Å². The van der Waals surface area contributed by atoms with Crippen molar-refractivity contribution in [2.75, 3.05) is 23.7 Å². The first-order chi connectivity index (χ1) is 7.75. The number of rotatable bonds is 1. The molecule has 1 aliphatic heterocycles. The van der Waals surface area contributed by atoms with E-state index in [4.69, 9.17) is 5.73 Å². The molecule has 4 heteroatoms. The van der Waals surface area contributed by atoms with Crippen molar-refractivity contribution in [3.05, 3.63) is 18.3 Å². The molecule has 1 saturated heterocycles. The molecule has 0 saturated carbocycles. The van der Waals surface area contributed by atoms with Crippen LogP contribution in [0.15, 0.2) is 18.3 Å². The van der Waals surface area contributed by atoms with Crippen molar-refractivity contribution in [2.45, 2.75) is 12.8 Å². The molecule has 2 heterocycles. The van der Waals surface area contributed by atoms with Crippen molar-refractivity contribution in [1.82, 2.24) is 9.78 Å². The lowest BCUT2D eigenvalue weighted by Crippen LogP contribution is -2.19. The third-order valence-electron chi connectivity index (χ3n) is 3.23. The zero-order valence-corrected chi connectivity index (χ0v) is 9.48. The average Bonchev–Trinajstić information content (AvgIpc) is 2.85. The largest absolute Gasteiger partial charge is 0.397 e. The van der Waals surface area contributed by atoms with Crippen LogP contribution in [0.5, 0.6) is 0 Å². The first kappa shape index (κ1) is 9.51. The Morgan fingerprint density at radius 1 is 1.25 bits per heavy atom. The summed E-state index contributed by atoms with van der Waals surface area (Å²) in [4.78, 5) is 2.37. The number of nitrogens with zero attached hydrogens (tertiary/aromatic N) is 3. The third kappa shape index (κ3) is 1.33. The van der Waals surface area contributed by atoms with E-state index in [1.807, 2.05) is 23.9 Å². The molecular formula is C12H16N4. The van der Waals surface area contributed by atoms with Gasteiger partial charge in [-0.05, 0) is 25.0 Å². The summed E-state index contributed by atoms with van der Waals surface area (Å²) >= 11 is 0. The quantitative estimate of drug-likeness (QED) is 0.739. The molecule has 1 aromatic carbocycles. The van der Waals surface area contributed by atoms with E-state index in [-0.39, 0.29) is 0 Å². The molecule has 0 radical (unpaired) electrons. The van der Waals surface area contributed by atoms with Gasteiger partial charge < -0.3 is 10.6 Å². The van der Waals surface area contributed by atoms with E-state index < -0.39 is 0 Å². The zero-order chi connectivity index (χ0) is 11.1. The lowest BCUT2D eigenvalue weighted by atomic mass is 10.1. The van der Waals surface area contributed by atoms with Gasteiger partial charge in [-0.25, -0.2) is 0 Å². The molecule has 84 valence electrons. The van der Waals surface area contributed by atoms with Crippen LogP contribution >= 0.6 is 0 Å². The Labute approximate surface area is 94.6 Å². The van der Waals surface area contributed by atoms with Gasteiger partial charge in [-0.1, -0.05) is 0 Å². The highest BCUT2D eigenvalue weighted by Gasteiger charge is 2.18. The SMILES string of the molecule is Cn1cc2c(N3CCCC3)c(N)ccc2n1. The summed E-state index contributed by atoms with van der Waals surface area (Å²) in [5, 5.41) is 5.59. The minimum absolute atomic E-state index is 0.863. The Bertz CT molecular complexity index is 523. The van der Waals surface area contributed by atoms with Crippen molar-refractivity contribution in [3.8, 4) is 0 Å². The second kappa shape index (κ2) is 3.40. The molecule has 0 unspecified atom stereocenters. The maximum absolute atomic E-state index is 6.10. The van der Waals surface area contributed by atoms with Crippen LogP contribution in [0.25, 0.3) is 10.9 Å². The number of fused-ring (bicyclic) bond motifs is 1. The Kier molecular flexibility index (Phi) is 2.02. The van der Waals surface area contributed by atoms with Crippen molar-refractivity contribution in [1.29, 1.82) is 0 Å². The number of aryl methyl sites for hydroxylation is 1. The van der Waals surface area contributed by atoms with Crippen LogP contribution in [0.4, 0.5) is 11.4 Å². The molecule has 4 nitrogen and oxygen atoms in total. The number of nitrogen functional groups attached to an aromatic ring is 1. The van der Waals surface area contributed by atoms with E-state index in [1.54, 1.807) is 0 Å². The van der Waals surface area contributed by atoms with Gasteiger partial charge in [-0.2, -0.15) is 5.10 Å². The molecule has 0 spiro atoms. The zero-order valence-electron chi connectivity index (χ0n) is 9.48. The second-order valence-corrected chi connectivity index (χ2v) is 4.43.